The largest absolute Gasteiger partial charge is 0.478 e. The Hall–Kier alpha value is -5.11. The maximum Gasteiger partial charge on any atom is 0.328 e. The Bertz CT molecular complexity index is 1640. The number of carbonyl (C=O) groups is 1. The highest BCUT2D eigenvalue weighted by molar-refractivity contribution is 6.01. The number of halogens is 1. The SMILES string of the molecule is CCC(=C(c1ccc(C=CC(=O)O)cc1)c1ccc2[nH]ncc2c1F)c1ccc(Oc2cnccn2)cc1. The highest BCUT2D eigenvalue weighted by Crippen LogP contribution is 2.38. The average Bonchev–Trinajstić information content (AvgIpc) is 3.43. The molecular weight excluding hydrogens is 483 g/mol. The zero-order chi connectivity index (χ0) is 26.5. The van der Waals surface area contributed by atoms with E-state index in [2.05, 4.69) is 20.2 Å². The van der Waals surface area contributed by atoms with E-state index in [0.717, 1.165) is 33.9 Å². The molecule has 2 N–H and O–H groups in total. The predicted molar refractivity (Wildman–Crippen MR) is 144 cm³/mol. The third-order valence-corrected chi connectivity index (χ3v) is 6.07. The van der Waals surface area contributed by atoms with Crippen LogP contribution in [0, 0.1) is 5.82 Å². The second kappa shape index (κ2) is 10.9. The molecule has 5 rings (SSSR count). The molecular formula is C30H23FN4O3. The van der Waals surface area contributed by atoms with Gasteiger partial charge in [-0.3, -0.25) is 10.1 Å². The summed E-state index contributed by atoms with van der Waals surface area (Å²) in [6.45, 7) is 2.03. The molecule has 0 aliphatic carbocycles. The molecule has 0 aliphatic rings. The fraction of sp³-hybridized carbons (Fsp3) is 0.0667. The minimum Gasteiger partial charge on any atom is -0.478 e. The van der Waals surface area contributed by atoms with Crippen molar-refractivity contribution in [2.24, 2.45) is 0 Å². The Balaban J connectivity index is 1.62. The van der Waals surface area contributed by atoms with Crippen molar-refractivity contribution < 1.29 is 19.0 Å². The summed E-state index contributed by atoms with van der Waals surface area (Å²) < 4.78 is 21.6. The van der Waals surface area contributed by atoms with E-state index in [4.69, 9.17) is 9.84 Å². The number of hydrogen-bond donors (Lipinski definition) is 2. The van der Waals surface area contributed by atoms with Crippen molar-refractivity contribution in [1.29, 1.82) is 0 Å². The number of rotatable bonds is 8. The van der Waals surface area contributed by atoms with Crippen molar-refractivity contribution in [3.63, 3.8) is 0 Å². The number of carboxylic acid groups (broad SMARTS) is 1. The van der Waals surface area contributed by atoms with Crippen molar-refractivity contribution in [1.82, 2.24) is 20.2 Å². The zero-order valence-electron chi connectivity index (χ0n) is 20.4. The molecule has 0 aliphatic heterocycles. The number of nitrogens with one attached hydrogen (secondary N) is 1. The summed E-state index contributed by atoms with van der Waals surface area (Å²) in [7, 11) is 0. The molecule has 0 radical (unpaired) electrons. The molecule has 2 aromatic heterocycles. The minimum atomic E-state index is -1.02. The first-order valence-corrected chi connectivity index (χ1v) is 11.9. The molecule has 0 amide bonds. The monoisotopic (exact) mass is 506 g/mol. The Morgan fingerprint density at radius 2 is 1.76 bits per heavy atom. The number of carboxylic acids is 1. The van der Waals surface area contributed by atoms with Gasteiger partial charge in [-0.2, -0.15) is 5.10 Å². The number of allylic oxidation sites excluding steroid dienone is 1. The summed E-state index contributed by atoms with van der Waals surface area (Å²) in [5.41, 5.74) is 5.18. The molecule has 8 heteroatoms. The van der Waals surface area contributed by atoms with E-state index in [1.165, 1.54) is 18.5 Å². The van der Waals surface area contributed by atoms with Gasteiger partial charge < -0.3 is 9.84 Å². The molecule has 2 heterocycles. The van der Waals surface area contributed by atoms with E-state index in [9.17, 15) is 4.79 Å². The zero-order valence-corrected chi connectivity index (χ0v) is 20.4. The summed E-state index contributed by atoms with van der Waals surface area (Å²) in [5, 5.41) is 16.1. The number of ether oxygens (including phenoxy) is 1. The van der Waals surface area contributed by atoms with Crippen molar-refractivity contribution in [2.45, 2.75) is 13.3 Å². The smallest absolute Gasteiger partial charge is 0.328 e. The van der Waals surface area contributed by atoms with Gasteiger partial charge in [0, 0.05) is 24.0 Å². The predicted octanol–water partition coefficient (Wildman–Crippen LogP) is 6.75. The standard InChI is InChI=1S/C30H23FN4O3/c1-2-23(20-8-10-22(11-9-20)38-27-18-32-15-16-33-27)29(21-6-3-19(4-7-21)5-14-28(36)37)24-12-13-26-25(30(24)31)17-34-35-26/h3-18H,2H2,1H3,(H,34,35)(H,36,37). The van der Waals surface area contributed by atoms with Gasteiger partial charge in [0.05, 0.1) is 23.3 Å². The fourth-order valence-electron chi connectivity index (χ4n) is 4.31. The van der Waals surface area contributed by atoms with Gasteiger partial charge in [0.15, 0.2) is 0 Å². The number of aromatic nitrogens is 4. The number of hydrogen-bond acceptors (Lipinski definition) is 5. The number of aromatic amines is 1. The molecule has 0 saturated carbocycles. The van der Waals surface area contributed by atoms with E-state index >= 15 is 4.39 Å². The van der Waals surface area contributed by atoms with Gasteiger partial charge in [0.1, 0.15) is 11.6 Å². The first-order valence-electron chi connectivity index (χ1n) is 11.9. The molecule has 3 aromatic carbocycles. The normalized spacial score (nSPS) is 12.1. The van der Waals surface area contributed by atoms with Crippen LogP contribution < -0.4 is 4.74 Å². The molecule has 0 bridgehead atoms. The third kappa shape index (κ3) is 5.19. The van der Waals surface area contributed by atoms with Crippen LogP contribution in [0.25, 0.3) is 28.1 Å². The molecule has 188 valence electrons. The molecule has 0 saturated heterocycles. The second-order valence-electron chi connectivity index (χ2n) is 8.43. The van der Waals surface area contributed by atoms with Gasteiger partial charge in [-0.15, -0.1) is 0 Å². The van der Waals surface area contributed by atoms with Crippen LogP contribution in [0.2, 0.25) is 0 Å². The number of fused-ring (bicyclic) bond motifs is 1. The van der Waals surface area contributed by atoms with Crippen LogP contribution in [0.15, 0.2) is 91.5 Å². The van der Waals surface area contributed by atoms with Gasteiger partial charge in [-0.1, -0.05) is 43.3 Å². The lowest BCUT2D eigenvalue weighted by Crippen LogP contribution is -1.99. The van der Waals surface area contributed by atoms with E-state index < -0.39 is 5.97 Å². The summed E-state index contributed by atoms with van der Waals surface area (Å²) in [4.78, 5) is 19.1. The van der Waals surface area contributed by atoms with Crippen LogP contribution in [-0.2, 0) is 4.79 Å². The Morgan fingerprint density at radius 1 is 1.00 bits per heavy atom. The van der Waals surface area contributed by atoms with Crippen molar-refractivity contribution in [2.75, 3.05) is 0 Å². The van der Waals surface area contributed by atoms with Crippen LogP contribution in [0.5, 0.6) is 11.6 Å². The van der Waals surface area contributed by atoms with Gasteiger partial charge >= 0.3 is 5.97 Å². The van der Waals surface area contributed by atoms with Crippen LogP contribution in [0.3, 0.4) is 0 Å². The fourth-order valence-corrected chi connectivity index (χ4v) is 4.31. The topological polar surface area (TPSA) is 101 Å². The van der Waals surface area contributed by atoms with Crippen LogP contribution >= 0.6 is 0 Å². The lowest BCUT2D eigenvalue weighted by atomic mass is 9.87. The highest BCUT2D eigenvalue weighted by Gasteiger charge is 2.19. The quantitative estimate of drug-likeness (QED) is 0.178. The Morgan fingerprint density at radius 3 is 2.45 bits per heavy atom. The van der Waals surface area contributed by atoms with Crippen molar-refractivity contribution in [3.05, 3.63) is 120 Å². The lowest BCUT2D eigenvalue weighted by Gasteiger charge is -2.18. The van der Waals surface area contributed by atoms with Crippen LogP contribution in [0.4, 0.5) is 4.39 Å². The third-order valence-electron chi connectivity index (χ3n) is 6.07. The number of benzene rings is 3. The van der Waals surface area contributed by atoms with Gasteiger partial charge in [-0.25, -0.2) is 14.2 Å². The van der Waals surface area contributed by atoms with E-state index in [0.29, 0.717) is 34.5 Å². The summed E-state index contributed by atoms with van der Waals surface area (Å²) in [6, 6.07) is 18.5. The Labute approximate surface area is 218 Å². The van der Waals surface area contributed by atoms with Gasteiger partial charge in [-0.05, 0) is 64.6 Å². The minimum absolute atomic E-state index is 0.366. The molecule has 7 nitrogen and oxygen atoms in total. The molecule has 0 atom stereocenters. The Kier molecular flexibility index (Phi) is 7.04. The maximum atomic E-state index is 15.8. The molecule has 0 unspecified atom stereocenters. The number of nitrogens with zero attached hydrogens (tertiary/aromatic N) is 3. The van der Waals surface area contributed by atoms with E-state index in [-0.39, 0.29) is 5.82 Å². The molecule has 38 heavy (non-hydrogen) atoms. The first kappa shape index (κ1) is 24.6. The van der Waals surface area contributed by atoms with Crippen LogP contribution in [0.1, 0.15) is 35.6 Å². The number of H-pyrrole nitrogens is 1. The van der Waals surface area contributed by atoms with Crippen LogP contribution in [-0.4, -0.2) is 31.2 Å². The average molecular weight is 507 g/mol. The highest BCUT2D eigenvalue weighted by atomic mass is 19.1. The van der Waals surface area contributed by atoms with E-state index in [1.807, 2.05) is 61.5 Å². The van der Waals surface area contributed by atoms with Gasteiger partial charge in [0.25, 0.3) is 0 Å². The lowest BCUT2D eigenvalue weighted by molar-refractivity contribution is -0.131. The molecule has 0 fully saturated rings. The second-order valence-corrected chi connectivity index (χ2v) is 8.43. The van der Waals surface area contributed by atoms with E-state index in [1.54, 1.807) is 18.5 Å². The molecule has 5 aromatic rings. The molecule has 0 spiro atoms. The van der Waals surface area contributed by atoms with Crippen molar-refractivity contribution >= 4 is 34.1 Å². The number of aliphatic carboxylic acids is 1. The summed E-state index contributed by atoms with van der Waals surface area (Å²) >= 11 is 0. The maximum absolute atomic E-state index is 15.8. The van der Waals surface area contributed by atoms with Gasteiger partial charge in [0.2, 0.25) is 5.88 Å². The summed E-state index contributed by atoms with van der Waals surface area (Å²) in [6.07, 6.45) is 9.38. The van der Waals surface area contributed by atoms with Crippen molar-refractivity contribution in [3.8, 4) is 11.6 Å². The first-order chi connectivity index (χ1) is 18.5. The summed E-state index contributed by atoms with van der Waals surface area (Å²) in [5.74, 6) is -0.397.